The number of thioether (sulfide) groups is 1. The van der Waals surface area contributed by atoms with E-state index in [-0.39, 0.29) is 22.3 Å². The van der Waals surface area contributed by atoms with Gasteiger partial charge in [0.05, 0.1) is 11.3 Å². The molecule has 2 aromatic heterocycles. The molecule has 0 saturated carbocycles. The Balaban J connectivity index is 1.77. The van der Waals surface area contributed by atoms with Crippen LogP contribution in [-0.2, 0) is 6.18 Å². The molecule has 8 nitrogen and oxygen atoms in total. The summed E-state index contributed by atoms with van der Waals surface area (Å²) in [6.45, 7) is 1.70. The van der Waals surface area contributed by atoms with Gasteiger partial charge in [0.25, 0.3) is 0 Å². The van der Waals surface area contributed by atoms with Gasteiger partial charge in [-0.05, 0) is 60.4 Å². The van der Waals surface area contributed by atoms with E-state index in [0.717, 1.165) is 12.1 Å². The van der Waals surface area contributed by atoms with Crippen LogP contribution in [0, 0.1) is 6.92 Å². The van der Waals surface area contributed by atoms with Crippen molar-refractivity contribution in [1.82, 2.24) is 24.8 Å². The van der Waals surface area contributed by atoms with E-state index in [1.807, 2.05) is 5.41 Å². The molecular formula is C25H20F3N7OS. The molecule has 3 heterocycles. The summed E-state index contributed by atoms with van der Waals surface area (Å²) in [4.78, 5) is 26.7. The highest BCUT2D eigenvalue weighted by Crippen LogP contribution is 2.41. The van der Waals surface area contributed by atoms with Crippen molar-refractivity contribution in [2.24, 2.45) is 5.73 Å². The van der Waals surface area contributed by atoms with Gasteiger partial charge in [0, 0.05) is 47.8 Å². The lowest BCUT2D eigenvalue weighted by Crippen LogP contribution is -2.37. The monoisotopic (exact) mass is 523 g/mol. The smallest absolute Gasteiger partial charge is 0.366 e. The van der Waals surface area contributed by atoms with Crippen LogP contribution in [0.1, 0.15) is 21.7 Å². The molecule has 1 amide bonds. The van der Waals surface area contributed by atoms with Crippen LogP contribution in [0.25, 0.3) is 16.8 Å². The van der Waals surface area contributed by atoms with Crippen molar-refractivity contribution in [3.8, 4) is 16.8 Å². The van der Waals surface area contributed by atoms with Crippen molar-refractivity contribution >= 4 is 29.3 Å². The number of hydrogen-bond donors (Lipinski definition) is 2. The van der Waals surface area contributed by atoms with Gasteiger partial charge >= 0.3 is 6.18 Å². The van der Waals surface area contributed by atoms with Gasteiger partial charge in [0.2, 0.25) is 11.9 Å². The van der Waals surface area contributed by atoms with Crippen LogP contribution in [0.4, 0.5) is 24.8 Å². The third-order valence-electron chi connectivity index (χ3n) is 5.72. The van der Waals surface area contributed by atoms with Crippen LogP contribution < -0.4 is 16.0 Å². The average molecular weight is 524 g/mol. The number of nitrogens with two attached hydrogens (primary N) is 1. The number of imidazole rings is 1. The number of aryl methyl sites for hydroxylation is 1. The lowest BCUT2D eigenvalue weighted by molar-refractivity contribution is -0.137. The number of aromatic nitrogens is 4. The lowest BCUT2D eigenvalue weighted by Gasteiger charge is -2.30. The predicted molar refractivity (Wildman–Crippen MR) is 135 cm³/mol. The molecular weight excluding hydrogens is 503 g/mol. The van der Waals surface area contributed by atoms with Crippen LogP contribution in [0.5, 0.6) is 0 Å². The quantitative estimate of drug-likeness (QED) is 0.367. The third kappa shape index (κ3) is 4.87. The summed E-state index contributed by atoms with van der Waals surface area (Å²) in [5.41, 5.74) is 5.80. The number of nitrogens with one attached hydrogen (secondary N) is 1. The fourth-order valence-corrected chi connectivity index (χ4v) is 4.81. The van der Waals surface area contributed by atoms with Crippen molar-refractivity contribution in [2.75, 3.05) is 4.90 Å². The van der Waals surface area contributed by atoms with Gasteiger partial charge in [-0.3, -0.25) is 9.69 Å². The minimum Gasteiger partial charge on any atom is -0.366 e. The molecule has 2 aromatic carbocycles. The maximum atomic E-state index is 14.0. The number of amides is 1. The fourth-order valence-electron chi connectivity index (χ4n) is 4.02. The highest BCUT2D eigenvalue weighted by molar-refractivity contribution is 8.03. The molecule has 0 aliphatic carbocycles. The first-order valence-corrected chi connectivity index (χ1v) is 12.0. The summed E-state index contributed by atoms with van der Waals surface area (Å²) < 4.78 is 43.7. The van der Waals surface area contributed by atoms with E-state index in [1.54, 1.807) is 59.4 Å². The molecule has 0 radical (unpaired) electrons. The Morgan fingerprint density at radius 1 is 1.11 bits per heavy atom. The van der Waals surface area contributed by atoms with Crippen molar-refractivity contribution in [2.45, 2.75) is 18.6 Å². The second-order valence-electron chi connectivity index (χ2n) is 8.08. The standard InChI is InChI=1S/C25H20F3N7OS/c1-15-30-7-9-34(15)19-12-17(11-18(14-19)25(26,27)28)20-13-16(22(29)36)3-4-21(20)35(24-33-8-10-37-24)23-31-5-2-6-32-23/h2-14,24,33H,1H3,(H2,29,36). The summed E-state index contributed by atoms with van der Waals surface area (Å²) in [6.07, 6.45) is 3.39. The Bertz CT molecular complexity index is 1480. The Kier molecular flexibility index (Phi) is 6.34. The zero-order chi connectivity index (χ0) is 26.2. The lowest BCUT2D eigenvalue weighted by atomic mass is 9.97. The number of anilines is 2. The predicted octanol–water partition coefficient (Wildman–Crippen LogP) is 4.98. The molecule has 188 valence electrons. The molecule has 12 heteroatoms. The van der Waals surface area contributed by atoms with E-state index in [2.05, 4.69) is 20.3 Å². The summed E-state index contributed by atoms with van der Waals surface area (Å²) in [5.74, 6) is 0.137. The summed E-state index contributed by atoms with van der Waals surface area (Å²) >= 11 is 1.44. The number of primary amides is 1. The summed E-state index contributed by atoms with van der Waals surface area (Å²) in [7, 11) is 0. The number of carbonyl (C=O) groups excluding carboxylic acids is 1. The van der Waals surface area contributed by atoms with Gasteiger partial charge in [-0.15, -0.1) is 0 Å². The summed E-state index contributed by atoms with van der Waals surface area (Å²) in [5, 5.41) is 5.04. The van der Waals surface area contributed by atoms with Crippen molar-refractivity contribution in [3.05, 3.63) is 95.8 Å². The Labute approximate surface area is 214 Å². The molecule has 1 atom stereocenters. The molecule has 0 bridgehead atoms. The van der Waals surface area contributed by atoms with Crippen molar-refractivity contribution in [3.63, 3.8) is 0 Å². The normalized spacial score (nSPS) is 15.0. The van der Waals surface area contributed by atoms with Gasteiger partial charge in [-0.25, -0.2) is 15.0 Å². The largest absolute Gasteiger partial charge is 0.416 e. The first-order valence-electron chi connectivity index (χ1n) is 11.0. The second-order valence-corrected chi connectivity index (χ2v) is 9.07. The van der Waals surface area contributed by atoms with Crippen molar-refractivity contribution < 1.29 is 18.0 Å². The maximum Gasteiger partial charge on any atom is 0.416 e. The molecule has 5 rings (SSSR count). The number of hydrogen-bond acceptors (Lipinski definition) is 7. The highest BCUT2D eigenvalue weighted by Gasteiger charge is 2.33. The number of carbonyl (C=O) groups is 1. The van der Waals surface area contributed by atoms with E-state index in [4.69, 9.17) is 5.73 Å². The van der Waals surface area contributed by atoms with E-state index >= 15 is 0 Å². The van der Waals surface area contributed by atoms with Crippen LogP contribution in [0.15, 0.2) is 78.9 Å². The van der Waals surface area contributed by atoms with Gasteiger partial charge in [0.1, 0.15) is 5.82 Å². The Morgan fingerprint density at radius 2 is 1.89 bits per heavy atom. The van der Waals surface area contributed by atoms with Crippen molar-refractivity contribution in [1.29, 1.82) is 0 Å². The van der Waals surface area contributed by atoms with Gasteiger partial charge < -0.3 is 15.6 Å². The van der Waals surface area contributed by atoms with E-state index in [9.17, 15) is 18.0 Å². The molecule has 1 aliphatic heterocycles. The Morgan fingerprint density at radius 3 is 2.51 bits per heavy atom. The van der Waals surface area contributed by atoms with Crippen LogP contribution in [0.3, 0.4) is 0 Å². The van der Waals surface area contributed by atoms with Crippen LogP contribution in [0.2, 0.25) is 0 Å². The molecule has 3 N–H and O–H groups in total. The number of halogens is 3. The topological polar surface area (TPSA) is 102 Å². The van der Waals surface area contributed by atoms with Gasteiger partial charge in [-0.1, -0.05) is 11.8 Å². The maximum absolute atomic E-state index is 14.0. The highest BCUT2D eigenvalue weighted by atomic mass is 32.2. The molecule has 1 aliphatic rings. The zero-order valence-electron chi connectivity index (χ0n) is 19.3. The molecule has 0 saturated heterocycles. The SMILES string of the molecule is Cc1nccn1-c1cc(-c2cc(C(N)=O)ccc2N(c2ncccn2)C2NC=CS2)cc(C(F)(F)F)c1. The van der Waals surface area contributed by atoms with Crippen LogP contribution in [-0.4, -0.2) is 30.9 Å². The fraction of sp³-hybridized carbons (Fsp3) is 0.120. The minimum absolute atomic E-state index is 0.149. The van der Waals surface area contributed by atoms with E-state index in [0.29, 0.717) is 23.0 Å². The zero-order valence-corrected chi connectivity index (χ0v) is 20.2. The first kappa shape index (κ1) is 24.4. The molecule has 4 aromatic rings. The van der Waals surface area contributed by atoms with E-state index < -0.39 is 17.6 Å². The number of alkyl halides is 3. The number of rotatable bonds is 6. The average Bonchev–Trinajstić information content (AvgIpc) is 3.56. The minimum atomic E-state index is -4.62. The molecule has 0 fully saturated rings. The second kappa shape index (κ2) is 9.62. The van der Waals surface area contributed by atoms with Crippen LogP contribution >= 0.6 is 11.8 Å². The molecule has 1 unspecified atom stereocenters. The van der Waals surface area contributed by atoms with E-state index in [1.165, 1.54) is 30.1 Å². The van der Waals surface area contributed by atoms with Gasteiger partial charge in [0.15, 0.2) is 5.50 Å². The van der Waals surface area contributed by atoms with Gasteiger partial charge in [-0.2, -0.15) is 13.2 Å². The third-order valence-corrected chi connectivity index (χ3v) is 6.61. The Hall–Kier alpha value is -4.32. The molecule has 37 heavy (non-hydrogen) atoms. The first-order chi connectivity index (χ1) is 17.7. The number of nitrogens with zero attached hydrogens (tertiary/aromatic N) is 5. The molecule has 0 spiro atoms. The number of benzene rings is 2. The summed E-state index contributed by atoms with van der Waals surface area (Å²) in [6, 6.07) is 10.0.